The van der Waals surface area contributed by atoms with Crippen LogP contribution in [0.15, 0.2) is 0 Å². The Hall–Kier alpha value is -1.63. The minimum Gasteiger partial charge on any atom is -0.464 e. The Morgan fingerprint density at radius 2 is 2.35 bits per heavy atom. The minimum absolute atomic E-state index is 0.0288. The quantitative estimate of drug-likeness (QED) is 0.392. The molecule has 0 aromatic heterocycles. The van der Waals surface area contributed by atoms with Crippen LogP contribution in [-0.2, 0) is 19.1 Å². The van der Waals surface area contributed by atoms with Gasteiger partial charge in [0.1, 0.15) is 0 Å². The van der Waals surface area contributed by atoms with Crippen LogP contribution in [0.4, 0.5) is 0 Å². The van der Waals surface area contributed by atoms with Crippen molar-refractivity contribution in [3.63, 3.8) is 0 Å². The lowest BCUT2D eigenvalue weighted by Crippen LogP contribution is -2.49. The van der Waals surface area contributed by atoms with E-state index in [0.29, 0.717) is 12.8 Å². The molecule has 2 unspecified atom stereocenters. The smallest absolute Gasteiger partial charge is 0.332 e. The van der Waals surface area contributed by atoms with Crippen molar-refractivity contribution in [1.82, 2.24) is 10.6 Å². The molecular weight excluding hydrogens is 226 g/mol. The number of carbonyl (C=O) groups is 3. The second-order valence-electron chi connectivity index (χ2n) is 3.78. The van der Waals surface area contributed by atoms with Crippen molar-refractivity contribution >= 4 is 17.8 Å². The highest BCUT2D eigenvalue weighted by atomic mass is 16.5. The van der Waals surface area contributed by atoms with Gasteiger partial charge < -0.3 is 21.1 Å². The third-order valence-electron chi connectivity index (χ3n) is 2.43. The third kappa shape index (κ3) is 4.03. The Labute approximate surface area is 99.1 Å². The lowest BCUT2D eigenvalue weighted by molar-refractivity contribution is -0.148. The van der Waals surface area contributed by atoms with Crippen molar-refractivity contribution in [3.8, 4) is 0 Å². The number of carbonyl (C=O) groups excluding carboxylic acids is 3. The van der Waals surface area contributed by atoms with Crippen molar-refractivity contribution in [1.29, 1.82) is 0 Å². The van der Waals surface area contributed by atoms with Gasteiger partial charge in [-0.15, -0.1) is 0 Å². The van der Waals surface area contributed by atoms with E-state index in [1.165, 1.54) is 0 Å². The van der Waals surface area contributed by atoms with Gasteiger partial charge in [-0.3, -0.25) is 9.59 Å². The number of rotatable bonds is 5. The summed E-state index contributed by atoms with van der Waals surface area (Å²) in [6.07, 6.45) is 1.14. The normalized spacial score (nSPS) is 20.6. The van der Waals surface area contributed by atoms with E-state index < -0.39 is 17.9 Å². The molecule has 0 bridgehead atoms. The topological polar surface area (TPSA) is 111 Å². The zero-order valence-electron chi connectivity index (χ0n) is 9.69. The van der Waals surface area contributed by atoms with E-state index in [4.69, 9.17) is 5.73 Å². The van der Waals surface area contributed by atoms with Crippen LogP contribution in [0.5, 0.6) is 0 Å². The molecule has 1 rings (SSSR count). The molecule has 96 valence electrons. The summed E-state index contributed by atoms with van der Waals surface area (Å²) in [6.45, 7) is 2.09. The van der Waals surface area contributed by atoms with Gasteiger partial charge in [0.15, 0.2) is 6.04 Å². The lowest BCUT2D eigenvalue weighted by Gasteiger charge is -2.14. The van der Waals surface area contributed by atoms with Crippen LogP contribution in [0.3, 0.4) is 0 Å². The summed E-state index contributed by atoms with van der Waals surface area (Å²) >= 11 is 0. The largest absolute Gasteiger partial charge is 0.464 e. The van der Waals surface area contributed by atoms with Crippen LogP contribution in [0.25, 0.3) is 0 Å². The zero-order chi connectivity index (χ0) is 12.8. The van der Waals surface area contributed by atoms with Gasteiger partial charge in [-0.25, -0.2) is 4.79 Å². The van der Waals surface area contributed by atoms with Gasteiger partial charge in [0.25, 0.3) is 0 Å². The van der Waals surface area contributed by atoms with Gasteiger partial charge in [-0.1, -0.05) is 0 Å². The van der Waals surface area contributed by atoms with Crippen LogP contribution in [0, 0.1) is 0 Å². The van der Waals surface area contributed by atoms with Crippen molar-refractivity contribution in [2.75, 3.05) is 13.2 Å². The molecule has 1 aliphatic heterocycles. The SMILES string of the molecule is CCOC(=O)C(N)C(=O)NCC1CCC(=O)N1. The summed E-state index contributed by atoms with van der Waals surface area (Å²) in [5, 5.41) is 5.20. The molecule has 0 aliphatic carbocycles. The monoisotopic (exact) mass is 243 g/mol. The fourth-order valence-corrected chi connectivity index (χ4v) is 1.50. The highest BCUT2D eigenvalue weighted by Gasteiger charge is 2.25. The second kappa shape index (κ2) is 6.19. The minimum atomic E-state index is -1.31. The van der Waals surface area contributed by atoms with Gasteiger partial charge >= 0.3 is 5.97 Å². The number of hydrogen-bond acceptors (Lipinski definition) is 5. The number of ether oxygens (including phenoxy) is 1. The average molecular weight is 243 g/mol. The van der Waals surface area contributed by atoms with E-state index >= 15 is 0 Å². The molecule has 4 N–H and O–H groups in total. The van der Waals surface area contributed by atoms with Crippen LogP contribution >= 0.6 is 0 Å². The first kappa shape index (κ1) is 13.4. The number of esters is 1. The molecule has 0 saturated carbocycles. The van der Waals surface area contributed by atoms with E-state index in [1.807, 2.05) is 0 Å². The summed E-state index contributed by atoms with van der Waals surface area (Å²) in [4.78, 5) is 33.5. The highest BCUT2D eigenvalue weighted by molar-refractivity contribution is 6.01. The Morgan fingerprint density at radius 3 is 2.88 bits per heavy atom. The molecular formula is C10H17N3O4. The Bertz CT molecular complexity index is 319. The predicted molar refractivity (Wildman–Crippen MR) is 58.8 cm³/mol. The van der Waals surface area contributed by atoms with E-state index in [1.54, 1.807) is 6.92 Å². The van der Waals surface area contributed by atoms with Crippen LogP contribution in [0.2, 0.25) is 0 Å². The van der Waals surface area contributed by atoms with Crippen LogP contribution < -0.4 is 16.4 Å². The predicted octanol–water partition coefficient (Wildman–Crippen LogP) is -1.73. The maximum absolute atomic E-state index is 11.4. The van der Waals surface area contributed by atoms with Gasteiger partial charge in [-0.2, -0.15) is 0 Å². The van der Waals surface area contributed by atoms with Gasteiger partial charge in [0.2, 0.25) is 11.8 Å². The third-order valence-corrected chi connectivity index (χ3v) is 2.43. The van der Waals surface area contributed by atoms with E-state index in [-0.39, 0.29) is 25.1 Å². The second-order valence-corrected chi connectivity index (χ2v) is 3.78. The summed E-state index contributed by atoms with van der Waals surface area (Å²) in [7, 11) is 0. The first-order valence-corrected chi connectivity index (χ1v) is 5.54. The Morgan fingerprint density at radius 1 is 1.65 bits per heavy atom. The molecule has 1 saturated heterocycles. The zero-order valence-corrected chi connectivity index (χ0v) is 9.69. The molecule has 1 heterocycles. The molecule has 17 heavy (non-hydrogen) atoms. The van der Waals surface area contributed by atoms with Crippen LogP contribution in [0.1, 0.15) is 19.8 Å². The number of amides is 2. The van der Waals surface area contributed by atoms with Crippen molar-refractivity contribution in [3.05, 3.63) is 0 Å². The molecule has 7 nitrogen and oxygen atoms in total. The first-order valence-electron chi connectivity index (χ1n) is 5.54. The van der Waals surface area contributed by atoms with E-state index in [0.717, 1.165) is 0 Å². The molecule has 2 atom stereocenters. The maximum Gasteiger partial charge on any atom is 0.332 e. The average Bonchev–Trinajstić information content (AvgIpc) is 2.71. The molecule has 2 amide bonds. The summed E-state index contributed by atoms with van der Waals surface area (Å²) in [5.41, 5.74) is 5.38. The summed E-state index contributed by atoms with van der Waals surface area (Å²) in [5.74, 6) is -1.37. The van der Waals surface area contributed by atoms with E-state index in [9.17, 15) is 14.4 Å². The number of nitrogens with one attached hydrogen (secondary N) is 2. The molecule has 0 aromatic carbocycles. The summed E-state index contributed by atoms with van der Waals surface area (Å²) < 4.78 is 4.62. The van der Waals surface area contributed by atoms with Gasteiger partial charge in [0.05, 0.1) is 6.61 Å². The van der Waals surface area contributed by atoms with Crippen LogP contribution in [-0.4, -0.2) is 43.0 Å². The van der Waals surface area contributed by atoms with Crippen molar-refractivity contribution < 1.29 is 19.1 Å². The maximum atomic E-state index is 11.4. The molecule has 0 radical (unpaired) electrons. The number of hydrogen-bond donors (Lipinski definition) is 3. The molecule has 0 aromatic rings. The fraction of sp³-hybridized carbons (Fsp3) is 0.700. The van der Waals surface area contributed by atoms with Gasteiger partial charge in [-0.05, 0) is 13.3 Å². The standard InChI is InChI=1S/C10H17N3O4/c1-2-17-10(16)8(11)9(15)12-5-6-3-4-7(14)13-6/h6,8H,2-5,11H2,1H3,(H,12,15)(H,13,14). The van der Waals surface area contributed by atoms with Crippen molar-refractivity contribution in [2.24, 2.45) is 5.73 Å². The molecule has 0 spiro atoms. The molecule has 1 fully saturated rings. The first-order chi connectivity index (χ1) is 8.04. The molecule has 7 heteroatoms. The Balaban J connectivity index is 2.29. The van der Waals surface area contributed by atoms with E-state index in [2.05, 4.69) is 15.4 Å². The molecule has 1 aliphatic rings. The highest BCUT2D eigenvalue weighted by Crippen LogP contribution is 2.04. The number of nitrogens with two attached hydrogens (primary N) is 1. The lowest BCUT2D eigenvalue weighted by atomic mass is 10.2. The van der Waals surface area contributed by atoms with Gasteiger partial charge in [0, 0.05) is 19.0 Å². The fourth-order valence-electron chi connectivity index (χ4n) is 1.50. The van der Waals surface area contributed by atoms with Crippen molar-refractivity contribution in [2.45, 2.75) is 31.8 Å². The summed E-state index contributed by atoms with van der Waals surface area (Å²) in [6, 6.07) is -1.40. The Kier molecular flexibility index (Phi) is 4.89.